The molecule has 0 rings (SSSR count). The Balaban J connectivity index is -0.000000213. The minimum atomic E-state index is -0.339. The van der Waals surface area contributed by atoms with Crippen LogP contribution in [0.1, 0.15) is 61.3 Å². The third-order valence-electron chi connectivity index (χ3n) is 2.43. The molecule has 0 bridgehead atoms. The summed E-state index contributed by atoms with van der Waals surface area (Å²) >= 11 is 0. The van der Waals surface area contributed by atoms with Crippen molar-refractivity contribution < 1.29 is 9.90 Å². The van der Waals surface area contributed by atoms with Crippen LogP contribution in [0.4, 0.5) is 0 Å². The van der Waals surface area contributed by atoms with E-state index in [-0.39, 0.29) is 17.8 Å². The molecule has 0 radical (unpaired) electrons. The number of aliphatic hydroxyl groups is 1. The van der Waals surface area contributed by atoms with Crippen molar-refractivity contribution >= 4 is 5.78 Å². The van der Waals surface area contributed by atoms with Gasteiger partial charge in [0.1, 0.15) is 5.78 Å². The van der Waals surface area contributed by atoms with E-state index >= 15 is 0 Å². The Labute approximate surface area is 108 Å². The molecular formula is C14H33NO2. The lowest BCUT2D eigenvalue weighted by Crippen LogP contribution is -2.22. The zero-order valence-corrected chi connectivity index (χ0v) is 12.8. The molecule has 0 saturated heterocycles. The van der Waals surface area contributed by atoms with E-state index in [9.17, 15) is 4.79 Å². The van der Waals surface area contributed by atoms with Crippen LogP contribution in [0.3, 0.4) is 0 Å². The lowest BCUT2D eigenvalue weighted by Gasteiger charge is -2.18. The second-order valence-corrected chi connectivity index (χ2v) is 4.88. The van der Waals surface area contributed by atoms with E-state index in [0.29, 0.717) is 6.42 Å². The van der Waals surface area contributed by atoms with Gasteiger partial charge in [-0.25, -0.2) is 0 Å². The predicted molar refractivity (Wildman–Crippen MR) is 76.0 cm³/mol. The largest absolute Gasteiger partial charge is 0.396 e. The fourth-order valence-corrected chi connectivity index (χ4v) is 0.789. The highest BCUT2D eigenvalue weighted by Gasteiger charge is 2.21. The van der Waals surface area contributed by atoms with Gasteiger partial charge in [0.15, 0.2) is 0 Å². The summed E-state index contributed by atoms with van der Waals surface area (Å²) in [5, 5.41) is 8.50. The van der Waals surface area contributed by atoms with Gasteiger partial charge in [-0.3, -0.25) is 4.79 Å². The quantitative estimate of drug-likeness (QED) is 0.785. The first-order valence-electron chi connectivity index (χ1n) is 6.60. The maximum atomic E-state index is 10.7. The summed E-state index contributed by atoms with van der Waals surface area (Å²) in [6.45, 7) is 14.5. The summed E-state index contributed by atoms with van der Waals surface area (Å²) in [5.41, 5.74) is 4.89. The molecule has 3 N–H and O–H groups in total. The Morgan fingerprint density at radius 2 is 1.71 bits per heavy atom. The summed E-state index contributed by atoms with van der Waals surface area (Å²) in [6, 6.07) is 0. The number of ketones is 1. The lowest BCUT2D eigenvalue weighted by molar-refractivity contribution is -0.125. The molecular weight excluding hydrogens is 214 g/mol. The number of carbonyl (C=O) groups is 1. The van der Waals surface area contributed by atoms with Crippen molar-refractivity contribution in [1.29, 1.82) is 0 Å². The SMILES string of the molecule is CC.CC(=O)C(C)(C)CCO.CC(C)CCN. The number of hydrogen-bond acceptors (Lipinski definition) is 3. The maximum absolute atomic E-state index is 10.7. The molecule has 17 heavy (non-hydrogen) atoms. The summed E-state index contributed by atoms with van der Waals surface area (Å²) in [6.07, 6.45) is 1.71. The first-order chi connectivity index (χ1) is 7.77. The number of hydrogen-bond donors (Lipinski definition) is 2. The average Bonchev–Trinajstić information content (AvgIpc) is 2.21. The molecule has 3 heteroatoms. The second-order valence-electron chi connectivity index (χ2n) is 4.88. The lowest BCUT2D eigenvalue weighted by atomic mass is 9.86. The van der Waals surface area contributed by atoms with Crippen molar-refractivity contribution in [3.05, 3.63) is 0 Å². The number of rotatable bonds is 5. The number of aliphatic hydroxyl groups excluding tert-OH is 1. The Morgan fingerprint density at radius 3 is 1.76 bits per heavy atom. The van der Waals surface area contributed by atoms with Gasteiger partial charge in [-0.1, -0.05) is 41.5 Å². The van der Waals surface area contributed by atoms with Crippen LogP contribution in [0.5, 0.6) is 0 Å². The highest BCUT2D eigenvalue weighted by molar-refractivity contribution is 5.81. The van der Waals surface area contributed by atoms with Gasteiger partial charge in [0.25, 0.3) is 0 Å². The second kappa shape index (κ2) is 13.7. The van der Waals surface area contributed by atoms with Crippen LogP contribution in [0.2, 0.25) is 0 Å². The van der Waals surface area contributed by atoms with Gasteiger partial charge in [0.05, 0.1) is 0 Å². The summed E-state index contributed by atoms with van der Waals surface area (Å²) in [4.78, 5) is 10.7. The molecule has 0 aromatic carbocycles. The van der Waals surface area contributed by atoms with Gasteiger partial charge in [-0.15, -0.1) is 0 Å². The van der Waals surface area contributed by atoms with Crippen LogP contribution in [-0.2, 0) is 4.79 Å². The third kappa shape index (κ3) is 18.2. The zero-order chi connectivity index (χ0) is 14.5. The monoisotopic (exact) mass is 247 g/mol. The molecule has 0 aliphatic carbocycles. The van der Waals surface area contributed by atoms with Crippen LogP contribution in [0.25, 0.3) is 0 Å². The topological polar surface area (TPSA) is 63.3 Å². The first kappa shape index (κ1) is 21.8. The molecule has 0 unspecified atom stereocenters. The highest BCUT2D eigenvalue weighted by Crippen LogP contribution is 2.19. The van der Waals surface area contributed by atoms with Gasteiger partial charge >= 0.3 is 0 Å². The van der Waals surface area contributed by atoms with E-state index in [1.165, 1.54) is 0 Å². The Kier molecular flexibility index (Phi) is 17.5. The van der Waals surface area contributed by atoms with Crippen molar-refractivity contribution in [2.75, 3.05) is 13.2 Å². The minimum Gasteiger partial charge on any atom is -0.396 e. The van der Waals surface area contributed by atoms with Crippen LogP contribution < -0.4 is 5.73 Å². The van der Waals surface area contributed by atoms with E-state index in [4.69, 9.17) is 10.8 Å². The molecule has 0 spiro atoms. The fourth-order valence-electron chi connectivity index (χ4n) is 0.789. The molecule has 0 aliphatic rings. The molecule has 3 nitrogen and oxygen atoms in total. The van der Waals surface area contributed by atoms with Gasteiger partial charge in [-0.2, -0.15) is 0 Å². The molecule has 0 saturated carbocycles. The molecule has 106 valence electrons. The van der Waals surface area contributed by atoms with E-state index in [1.807, 2.05) is 27.7 Å². The molecule has 0 atom stereocenters. The minimum absolute atomic E-state index is 0.0899. The fraction of sp³-hybridized carbons (Fsp3) is 0.929. The van der Waals surface area contributed by atoms with Gasteiger partial charge in [0.2, 0.25) is 0 Å². The molecule has 0 amide bonds. The third-order valence-corrected chi connectivity index (χ3v) is 2.43. The average molecular weight is 247 g/mol. The van der Waals surface area contributed by atoms with Crippen molar-refractivity contribution in [3.63, 3.8) is 0 Å². The molecule has 0 aromatic rings. The molecule has 0 aliphatic heterocycles. The molecule has 0 aromatic heterocycles. The summed E-state index contributed by atoms with van der Waals surface area (Å²) in [5.74, 6) is 0.909. The zero-order valence-electron chi connectivity index (χ0n) is 12.8. The normalized spacial score (nSPS) is 10.0. The van der Waals surface area contributed by atoms with Gasteiger partial charge in [0, 0.05) is 12.0 Å². The smallest absolute Gasteiger partial charge is 0.135 e. The van der Waals surface area contributed by atoms with Gasteiger partial charge in [-0.05, 0) is 32.2 Å². The van der Waals surface area contributed by atoms with Crippen LogP contribution in [0, 0.1) is 11.3 Å². The standard InChI is InChI=1S/C7H14O2.C5H13N.C2H6/c1-6(9)7(2,3)4-5-8;1-5(2)3-4-6;1-2/h8H,4-5H2,1-3H3;5H,3-4,6H2,1-2H3;1-2H3. The van der Waals surface area contributed by atoms with Crippen molar-refractivity contribution in [3.8, 4) is 0 Å². The van der Waals surface area contributed by atoms with Crippen LogP contribution >= 0.6 is 0 Å². The van der Waals surface area contributed by atoms with Gasteiger partial charge < -0.3 is 10.8 Å². The Morgan fingerprint density at radius 1 is 1.29 bits per heavy atom. The predicted octanol–water partition coefficient (Wildman–Crippen LogP) is 3.00. The number of Topliss-reactive ketones (excluding diaryl/α,β-unsaturated/α-hetero) is 1. The van der Waals surface area contributed by atoms with Crippen LogP contribution in [0.15, 0.2) is 0 Å². The van der Waals surface area contributed by atoms with Crippen LogP contribution in [-0.4, -0.2) is 24.0 Å². The first-order valence-corrected chi connectivity index (χ1v) is 6.60. The molecule has 0 fully saturated rings. The van der Waals surface area contributed by atoms with E-state index in [0.717, 1.165) is 18.9 Å². The Hall–Kier alpha value is -0.410. The summed E-state index contributed by atoms with van der Waals surface area (Å²) < 4.78 is 0. The van der Waals surface area contributed by atoms with Crippen molar-refractivity contribution in [2.24, 2.45) is 17.1 Å². The van der Waals surface area contributed by atoms with Crippen molar-refractivity contribution in [1.82, 2.24) is 0 Å². The van der Waals surface area contributed by atoms with E-state index < -0.39 is 0 Å². The number of nitrogens with two attached hydrogens (primary N) is 1. The number of carbonyl (C=O) groups excluding carboxylic acids is 1. The summed E-state index contributed by atoms with van der Waals surface area (Å²) in [7, 11) is 0. The molecule has 0 heterocycles. The Bertz CT molecular complexity index is 166. The van der Waals surface area contributed by atoms with E-state index in [2.05, 4.69) is 13.8 Å². The van der Waals surface area contributed by atoms with E-state index in [1.54, 1.807) is 6.92 Å². The highest BCUT2D eigenvalue weighted by atomic mass is 16.3. The maximum Gasteiger partial charge on any atom is 0.135 e. The van der Waals surface area contributed by atoms with Crippen molar-refractivity contribution in [2.45, 2.75) is 61.3 Å².